The third-order valence-electron chi connectivity index (χ3n) is 3.33. The number of pyridine rings is 1. The Morgan fingerprint density at radius 3 is 2.62 bits per heavy atom. The maximum absolute atomic E-state index is 11.6. The number of aromatic nitrogens is 2. The zero-order chi connectivity index (χ0) is 15.0. The number of benzene rings is 1. The van der Waals surface area contributed by atoms with Crippen LogP contribution in [0.1, 0.15) is 15.9 Å². The van der Waals surface area contributed by atoms with Crippen molar-refractivity contribution in [2.45, 2.75) is 6.92 Å². The number of fused-ring (bicyclic) bond motifs is 1. The van der Waals surface area contributed by atoms with Gasteiger partial charge in [0.05, 0.1) is 18.2 Å². The number of esters is 1. The summed E-state index contributed by atoms with van der Waals surface area (Å²) in [6, 6.07) is 11.4. The molecule has 0 spiro atoms. The van der Waals surface area contributed by atoms with E-state index >= 15 is 0 Å². The predicted octanol–water partition coefficient (Wildman–Crippen LogP) is 3.75. The molecule has 21 heavy (non-hydrogen) atoms. The van der Waals surface area contributed by atoms with Crippen molar-refractivity contribution in [1.29, 1.82) is 0 Å². The van der Waals surface area contributed by atoms with E-state index in [1.54, 1.807) is 18.3 Å². The molecule has 0 aliphatic heterocycles. The van der Waals surface area contributed by atoms with Gasteiger partial charge in [0.15, 0.2) is 5.15 Å². The number of rotatable bonds is 2. The van der Waals surface area contributed by atoms with Crippen LogP contribution >= 0.6 is 11.6 Å². The molecule has 0 saturated heterocycles. The molecule has 0 bridgehead atoms. The average molecular weight is 301 g/mol. The van der Waals surface area contributed by atoms with Crippen LogP contribution in [0.25, 0.3) is 16.9 Å². The van der Waals surface area contributed by atoms with E-state index in [0.29, 0.717) is 16.2 Å². The fourth-order valence-electron chi connectivity index (χ4n) is 2.20. The molecule has 0 N–H and O–H groups in total. The highest BCUT2D eigenvalue weighted by Crippen LogP contribution is 2.26. The van der Waals surface area contributed by atoms with Gasteiger partial charge >= 0.3 is 5.97 Å². The molecule has 2 aromatic heterocycles. The van der Waals surface area contributed by atoms with Gasteiger partial charge in [-0.1, -0.05) is 41.4 Å². The summed E-state index contributed by atoms with van der Waals surface area (Å²) < 4.78 is 6.58. The van der Waals surface area contributed by atoms with E-state index < -0.39 is 5.97 Å². The minimum atomic E-state index is -0.397. The lowest BCUT2D eigenvalue weighted by molar-refractivity contribution is 0.0601. The Bertz CT molecular complexity index is 822. The Morgan fingerprint density at radius 1 is 1.24 bits per heavy atom. The first kappa shape index (κ1) is 13.6. The van der Waals surface area contributed by atoms with Crippen molar-refractivity contribution >= 4 is 23.1 Å². The molecule has 0 amide bonds. The molecule has 4 nitrogen and oxygen atoms in total. The van der Waals surface area contributed by atoms with Gasteiger partial charge in [0.25, 0.3) is 0 Å². The van der Waals surface area contributed by atoms with Gasteiger partial charge in [-0.15, -0.1) is 0 Å². The highest BCUT2D eigenvalue weighted by molar-refractivity contribution is 6.33. The third kappa shape index (κ3) is 2.38. The summed E-state index contributed by atoms with van der Waals surface area (Å²) in [6.45, 7) is 2.03. The molecule has 2 heterocycles. The first-order valence-electron chi connectivity index (χ1n) is 6.43. The number of imidazole rings is 1. The lowest BCUT2D eigenvalue weighted by atomic mass is 10.1. The normalized spacial score (nSPS) is 10.8. The van der Waals surface area contributed by atoms with Crippen molar-refractivity contribution < 1.29 is 9.53 Å². The molecule has 0 fully saturated rings. The second-order valence-electron chi connectivity index (χ2n) is 4.75. The van der Waals surface area contributed by atoms with Crippen LogP contribution in [0.5, 0.6) is 0 Å². The molecule has 0 aliphatic carbocycles. The Balaban J connectivity index is 2.17. The number of nitrogens with zero attached hydrogens (tertiary/aromatic N) is 2. The van der Waals surface area contributed by atoms with Crippen molar-refractivity contribution in [2.75, 3.05) is 7.11 Å². The summed E-state index contributed by atoms with van der Waals surface area (Å²) >= 11 is 6.19. The van der Waals surface area contributed by atoms with E-state index in [1.807, 2.05) is 35.6 Å². The molecule has 3 aromatic rings. The van der Waals surface area contributed by atoms with Gasteiger partial charge in [-0.3, -0.25) is 4.40 Å². The Labute approximate surface area is 126 Å². The molecule has 1 aromatic carbocycles. The minimum absolute atomic E-state index is 0.358. The molecule has 3 rings (SSSR count). The molecule has 0 atom stereocenters. The molecule has 5 heteroatoms. The summed E-state index contributed by atoms with van der Waals surface area (Å²) in [5.74, 6) is 0.345. The summed E-state index contributed by atoms with van der Waals surface area (Å²) in [5, 5.41) is 0.358. The van der Waals surface area contributed by atoms with Crippen LogP contribution in [0.3, 0.4) is 0 Å². The van der Waals surface area contributed by atoms with Crippen LogP contribution in [0.15, 0.2) is 42.6 Å². The van der Waals surface area contributed by atoms with Crippen molar-refractivity contribution in [1.82, 2.24) is 9.38 Å². The predicted molar refractivity (Wildman–Crippen MR) is 81.7 cm³/mol. The lowest BCUT2D eigenvalue weighted by Gasteiger charge is -2.04. The maximum atomic E-state index is 11.6. The van der Waals surface area contributed by atoms with Crippen LogP contribution in [-0.2, 0) is 4.74 Å². The monoisotopic (exact) mass is 300 g/mol. The summed E-state index contributed by atoms with van der Waals surface area (Å²) in [6.07, 6.45) is 1.77. The molecule has 106 valence electrons. The number of halogens is 1. The van der Waals surface area contributed by atoms with Gasteiger partial charge in [-0.25, -0.2) is 9.78 Å². The third-order valence-corrected chi connectivity index (χ3v) is 3.61. The van der Waals surface area contributed by atoms with Crippen molar-refractivity contribution in [2.24, 2.45) is 0 Å². The standard InChI is InChI=1S/C16H13ClN2O2/c1-10-3-5-11(6-4-10)15-18-14(17)13-9-12(16(20)21-2)7-8-19(13)15/h3-9H,1-2H3. The summed E-state index contributed by atoms with van der Waals surface area (Å²) in [5.41, 5.74) is 3.27. The van der Waals surface area contributed by atoms with Gasteiger partial charge in [-0.05, 0) is 19.1 Å². The van der Waals surface area contributed by atoms with Crippen LogP contribution < -0.4 is 0 Å². The SMILES string of the molecule is COC(=O)c1ccn2c(-c3ccc(C)cc3)nc(Cl)c2c1. The second-order valence-corrected chi connectivity index (χ2v) is 5.11. The lowest BCUT2D eigenvalue weighted by Crippen LogP contribution is -2.02. The van der Waals surface area contributed by atoms with E-state index in [2.05, 4.69) is 4.98 Å². The largest absolute Gasteiger partial charge is 0.465 e. The first-order chi connectivity index (χ1) is 10.1. The van der Waals surface area contributed by atoms with Crippen molar-refractivity contribution in [3.63, 3.8) is 0 Å². The average Bonchev–Trinajstić information content (AvgIpc) is 2.84. The van der Waals surface area contributed by atoms with Gasteiger partial charge in [0.2, 0.25) is 0 Å². The number of carbonyl (C=O) groups is 1. The van der Waals surface area contributed by atoms with E-state index in [-0.39, 0.29) is 0 Å². The quantitative estimate of drug-likeness (QED) is 0.677. The zero-order valence-corrected chi connectivity index (χ0v) is 12.4. The topological polar surface area (TPSA) is 43.6 Å². The van der Waals surface area contributed by atoms with Crippen LogP contribution in [0.4, 0.5) is 0 Å². The van der Waals surface area contributed by atoms with Crippen LogP contribution in [-0.4, -0.2) is 22.5 Å². The number of hydrogen-bond donors (Lipinski definition) is 0. The van der Waals surface area contributed by atoms with E-state index in [1.165, 1.54) is 12.7 Å². The fraction of sp³-hybridized carbons (Fsp3) is 0.125. The zero-order valence-electron chi connectivity index (χ0n) is 11.6. The first-order valence-corrected chi connectivity index (χ1v) is 6.81. The van der Waals surface area contributed by atoms with Gasteiger partial charge < -0.3 is 4.74 Å². The number of aryl methyl sites for hydroxylation is 1. The molecule has 0 aliphatic rings. The molecular formula is C16H13ClN2O2. The molecular weight excluding hydrogens is 288 g/mol. The summed E-state index contributed by atoms with van der Waals surface area (Å²) in [4.78, 5) is 16.0. The van der Waals surface area contributed by atoms with Crippen molar-refractivity contribution in [3.05, 3.63) is 58.9 Å². The highest BCUT2D eigenvalue weighted by Gasteiger charge is 2.14. The van der Waals surface area contributed by atoms with Crippen LogP contribution in [0.2, 0.25) is 5.15 Å². The second kappa shape index (κ2) is 5.22. The maximum Gasteiger partial charge on any atom is 0.337 e. The smallest absolute Gasteiger partial charge is 0.337 e. The Morgan fingerprint density at radius 2 is 1.95 bits per heavy atom. The highest BCUT2D eigenvalue weighted by atomic mass is 35.5. The van der Waals surface area contributed by atoms with Gasteiger partial charge in [-0.2, -0.15) is 0 Å². The number of ether oxygens (including phenoxy) is 1. The molecule has 0 unspecified atom stereocenters. The van der Waals surface area contributed by atoms with Crippen molar-refractivity contribution in [3.8, 4) is 11.4 Å². The number of carbonyl (C=O) groups excluding carboxylic acids is 1. The minimum Gasteiger partial charge on any atom is -0.465 e. The fourth-order valence-corrected chi connectivity index (χ4v) is 2.42. The molecule has 0 radical (unpaired) electrons. The molecule has 0 saturated carbocycles. The summed E-state index contributed by atoms with van der Waals surface area (Å²) in [7, 11) is 1.35. The Kier molecular flexibility index (Phi) is 3.39. The van der Waals surface area contributed by atoms with E-state index in [4.69, 9.17) is 16.3 Å². The van der Waals surface area contributed by atoms with Gasteiger partial charge in [0.1, 0.15) is 5.82 Å². The van der Waals surface area contributed by atoms with Crippen LogP contribution in [0, 0.1) is 6.92 Å². The number of methoxy groups -OCH3 is 1. The number of hydrogen-bond acceptors (Lipinski definition) is 3. The van der Waals surface area contributed by atoms with Gasteiger partial charge in [0, 0.05) is 11.8 Å². The van der Waals surface area contributed by atoms with E-state index in [9.17, 15) is 4.79 Å². The Hall–Kier alpha value is -2.33. The van der Waals surface area contributed by atoms with E-state index in [0.717, 1.165) is 11.4 Å².